The van der Waals surface area contributed by atoms with Gasteiger partial charge in [-0.1, -0.05) is 26.5 Å². The zero-order chi connectivity index (χ0) is 38.1. The molecule has 0 unspecified atom stereocenters. The summed E-state index contributed by atoms with van der Waals surface area (Å²) < 4.78 is 79.2. The standard InChI is InChI=1S/C14H17F3N4S.C11H22N2O2.C8H4ClF3N2S.2CH4/c15-14(16,17)6-10-5-11-12(20-8-21-13(11)22-10)19-7-9-1-3-18-4-2-9;1-11(2,3)15-10(14)13-6-4-9(8-12)5-7-13;9-6-5-1-4(2-8(10,11)12)15-7(5)14-3-13-6;;/h5,8-9,18H,1-4,6-7H2,(H,19,20,21);9H,4-8,12H2,1-3H3;1,3H,2H2;2*1H4. The van der Waals surface area contributed by atoms with Gasteiger partial charge in [0.25, 0.3) is 0 Å². The van der Waals surface area contributed by atoms with Crippen molar-refractivity contribution in [2.45, 2.75) is 92.1 Å². The molecule has 0 aliphatic carbocycles. The number of nitrogens with one attached hydrogen (secondary N) is 2. The summed E-state index contributed by atoms with van der Waals surface area (Å²) in [6.45, 7) is 10.7. The summed E-state index contributed by atoms with van der Waals surface area (Å²) in [6, 6.07) is 2.94. The van der Waals surface area contributed by atoms with E-state index in [9.17, 15) is 31.1 Å². The molecule has 0 spiro atoms. The fourth-order valence-corrected chi connectivity index (χ4v) is 7.79. The lowest BCUT2D eigenvalue weighted by Crippen LogP contribution is -2.42. The van der Waals surface area contributed by atoms with E-state index in [2.05, 4.69) is 30.6 Å². The molecule has 0 atom stereocenters. The number of aromatic nitrogens is 4. The first kappa shape index (κ1) is 47.1. The molecule has 0 aromatic carbocycles. The molecular formula is C35H51ClF6N8O2S2. The lowest BCUT2D eigenvalue weighted by atomic mass is 9.97. The Balaban J connectivity index is 0.000000283. The molecule has 6 rings (SSSR count). The SMILES string of the molecule is C.C.CC(C)(C)OC(=O)N1CCC(CN)CC1.FC(F)(F)Cc1cc2c(Cl)ncnc2s1.FC(F)(F)Cc1cc2c(NCC3CCNCC3)ncnc2s1. The van der Waals surface area contributed by atoms with Crippen LogP contribution in [0.4, 0.5) is 37.0 Å². The Hall–Kier alpha value is -3.06. The highest BCUT2D eigenvalue weighted by Gasteiger charge is 2.30. The molecule has 2 saturated heterocycles. The van der Waals surface area contributed by atoms with Crippen molar-refractivity contribution < 1.29 is 35.9 Å². The number of amides is 1. The van der Waals surface area contributed by atoms with Crippen LogP contribution < -0.4 is 16.4 Å². The summed E-state index contributed by atoms with van der Waals surface area (Å²) in [6.07, 6.45) is -3.64. The summed E-state index contributed by atoms with van der Waals surface area (Å²) in [5.41, 5.74) is 5.19. The van der Waals surface area contributed by atoms with Crippen molar-refractivity contribution in [2.24, 2.45) is 17.6 Å². The third kappa shape index (κ3) is 15.6. The van der Waals surface area contributed by atoms with Gasteiger partial charge in [-0.05, 0) is 90.1 Å². The first-order valence-electron chi connectivity index (χ1n) is 16.8. The van der Waals surface area contributed by atoms with Crippen molar-refractivity contribution in [3.63, 3.8) is 0 Å². The third-order valence-corrected chi connectivity index (χ3v) is 10.5. The topological polar surface area (TPSA) is 131 Å². The van der Waals surface area contributed by atoms with Gasteiger partial charge >= 0.3 is 18.4 Å². The van der Waals surface area contributed by atoms with Gasteiger partial charge in [-0.3, -0.25) is 0 Å². The third-order valence-electron chi connectivity index (χ3n) is 8.08. The number of nitrogens with two attached hydrogens (primary N) is 1. The van der Waals surface area contributed by atoms with Gasteiger partial charge in [0.1, 0.15) is 38.9 Å². The van der Waals surface area contributed by atoms with E-state index >= 15 is 0 Å². The average Bonchev–Trinajstić information content (AvgIpc) is 3.66. The minimum Gasteiger partial charge on any atom is -0.444 e. The van der Waals surface area contributed by atoms with E-state index in [1.165, 1.54) is 18.7 Å². The number of hydrogen-bond acceptors (Lipinski definition) is 11. The predicted octanol–water partition coefficient (Wildman–Crippen LogP) is 9.52. The summed E-state index contributed by atoms with van der Waals surface area (Å²) >= 11 is 7.78. The van der Waals surface area contributed by atoms with E-state index in [0.29, 0.717) is 38.1 Å². The summed E-state index contributed by atoms with van der Waals surface area (Å²) in [7, 11) is 0. The van der Waals surface area contributed by atoms with Gasteiger partial charge in [-0.15, -0.1) is 22.7 Å². The van der Waals surface area contributed by atoms with Gasteiger partial charge in [-0.25, -0.2) is 24.7 Å². The number of alkyl halides is 6. The molecule has 0 radical (unpaired) electrons. The molecule has 304 valence electrons. The number of ether oxygens (including phenoxy) is 1. The van der Waals surface area contributed by atoms with Crippen molar-refractivity contribution in [1.29, 1.82) is 0 Å². The molecule has 0 saturated carbocycles. The highest BCUT2D eigenvalue weighted by molar-refractivity contribution is 7.19. The second-order valence-corrected chi connectivity index (χ2v) is 16.1. The molecule has 19 heteroatoms. The number of nitrogens with zero attached hydrogens (tertiary/aromatic N) is 5. The maximum atomic E-state index is 12.5. The Morgan fingerprint density at radius 2 is 1.39 bits per heavy atom. The van der Waals surface area contributed by atoms with Crippen LogP contribution in [0.1, 0.15) is 71.1 Å². The van der Waals surface area contributed by atoms with Gasteiger partial charge < -0.3 is 26.0 Å². The highest BCUT2D eigenvalue weighted by Crippen LogP contribution is 2.33. The summed E-state index contributed by atoms with van der Waals surface area (Å²) in [4.78, 5) is 30.8. The van der Waals surface area contributed by atoms with Crippen LogP contribution in [-0.4, -0.2) is 88.2 Å². The van der Waals surface area contributed by atoms with Gasteiger partial charge in [0.2, 0.25) is 0 Å². The van der Waals surface area contributed by atoms with Crippen LogP contribution in [0.25, 0.3) is 20.4 Å². The minimum atomic E-state index is -4.21. The van der Waals surface area contributed by atoms with Crippen molar-refractivity contribution >= 4 is 66.6 Å². The Labute approximate surface area is 325 Å². The quantitative estimate of drug-likeness (QED) is 0.129. The number of carbonyl (C=O) groups excluding carboxylic acids is 1. The van der Waals surface area contributed by atoms with Crippen LogP contribution in [0.2, 0.25) is 5.15 Å². The molecule has 10 nitrogen and oxygen atoms in total. The molecule has 4 aromatic rings. The van der Waals surface area contributed by atoms with Crippen molar-refractivity contribution in [3.8, 4) is 0 Å². The molecule has 2 aliphatic rings. The fourth-order valence-electron chi connectivity index (χ4n) is 5.50. The van der Waals surface area contributed by atoms with E-state index in [4.69, 9.17) is 22.1 Å². The molecule has 6 heterocycles. The molecule has 0 bridgehead atoms. The fraction of sp³-hybridized carbons (Fsp3) is 0.629. The number of fused-ring (bicyclic) bond motifs is 2. The number of likely N-dealkylation sites (tertiary alicyclic amines) is 1. The van der Waals surface area contributed by atoms with Crippen molar-refractivity contribution in [1.82, 2.24) is 30.2 Å². The van der Waals surface area contributed by atoms with E-state index in [1.54, 1.807) is 11.0 Å². The van der Waals surface area contributed by atoms with Crippen LogP contribution in [0, 0.1) is 11.8 Å². The number of halogens is 7. The smallest absolute Gasteiger partial charge is 0.410 e. The van der Waals surface area contributed by atoms with Gasteiger partial charge in [0, 0.05) is 34.8 Å². The second kappa shape index (κ2) is 20.7. The van der Waals surface area contributed by atoms with Crippen molar-refractivity contribution in [3.05, 3.63) is 39.7 Å². The van der Waals surface area contributed by atoms with E-state index in [0.717, 1.165) is 87.6 Å². The highest BCUT2D eigenvalue weighted by atomic mass is 35.5. The maximum absolute atomic E-state index is 12.5. The first-order chi connectivity index (χ1) is 24.4. The van der Waals surface area contributed by atoms with Crippen LogP contribution in [0.5, 0.6) is 0 Å². The number of piperidine rings is 2. The average molecular weight is 829 g/mol. The Morgan fingerprint density at radius 3 is 1.89 bits per heavy atom. The number of rotatable bonds is 6. The van der Waals surface area contributed by atoms with Gasteiger partial charge in [0.05, 0.1) is 18.2 Å². The van der Waals surface area contributed by atoms with Crippen LogP contribution in [-0.2, 0) is 17.6 Å². The van der Waals surface area contributed by atoms with Gasteiger partial charge in [0.15, 0.2) is 0 Å². The van der Waals surface area contributed by atoms with E-state index in [1.807, 2.05) is 20.8 Å². The number of anilines is 1. The van der Waals surface area contributed by atoms with Crippen LogP contribution in [0.3, 0.4) is 0 Å². The molecule has 2 fully saturated rings. The molecule has 4 aromatic heterocycles. The lowest BCUT2D eigenvalue weighted by molar-refractivity contribution is -0.127. The number of carbonyl (C=O) groups is 1. The first-order valence-corrected chi connectivity index (χ1v) is 18.8. The van der Waals surface area contributed by atoms with Crippen molar-refractivity contribution in [2.75, 3.05) is 44.6 Å². The zero-order valence-electron chi connectivity index (χ0n) is 29.0. The Kier molecular flexibility index (Phi) is 18.1. The summed E-state index contributed by atoms with van der Waals surface area (Å²) in [5, 5.41) is 7.93. The monoisotopic (exact) mass is 828 g/mol. The predicted molar refractivity (Wildman–Crippen MR) is 206 cm³/mol. The van der Waals surface area contributed by atoms with Crippen LogP contribution in [0.15, 0.2) is 24.8 Å². The normalized spacial score (nSPS) is 15.6. The summed E-state index contributed by atoms with van der Waals surface area (Å²) in [5.74, 6) is 1.77. The zero-order valence-corrected chi connectivity index (χ0v) is 31.4. The van der Waals surface area contributed by atoms with Gasteiger partial charge in [-0.2, -0.15) is 26.3 Å². The molecule has 54 heavy (non-hydrogen) atoms. The van der Waals surface area contributed by atoms with Crippen LogP contribution >= 0.6 is 34.3 Å². The molecule has 4 N–H and O–H groups in total. The number of hydrogen-bond donors (Lipinski definition) is 3. The Morgan fingerprint density at radius 1 is 0.870 bits per heavy atom. The second-order valence-electron chi connectivity index (χ2n) is 13.6. The number of thiophene rings is 2. The molecular weight excluding hydrogens is 778 g/mol. The van der Waals surface area contributed by atoms with E-state index in [-0.39, 0.29) is 35.9 Å². The lowest BCUT2D eigenvalue weighted by Gasteiger charge is -2.32. The van der Waals surface area contributed by atoms with E-state index < -0.39 is 30.8 Å². The maximum Gasteiger partial charge on any atom is 0.410 e. The largest absolute Gasteiger partial charge is 0.444 e. The molecule has 2 aliphatic heterocycles. The molecule has 1 amide bonds. The minimum absolute atomic E-state index is 0. The Bertz CT molecular complexity index is 1730.